The Morgan fingerprint density at radius 1 is 1.33 bits per heavy atom. The third kappa shape index (κ3) is 2.67. The van der Waals surface area contributed by atoms with Gasteiger partial charge in [0.1, 0.15) is 11.3 Å². The van der Waals surface area contributed by atoms with Crippen molar-refractivity contribution in [3.8, 4) is 23.0 Å². The van der Waals surface area contributed by atoms with Gasteiger partial charge >= 0.3 is 0 Å². The number of pyridine rings is 1. The molecule has 106 valence electrons. The zero-order chi connectivity index (χ0) is 15.0. The van der Waals surface area contributed by atoms with E-state index in [1.54, 1.807) is 26.2 Å². The second-order valence-electron chi connectivity index (χ2n) is 5.54. The topological polar surface area (TPSA) is 66.7 Å². The minimum atomic E-state index is -1.03. The van der Waals surface area contributed by atoms with Crippen LogP contribution in [0, 0.1) is 11.8 Å². The van der Waals surface area contributed by atoms with Crippen molar-refractivity contribution in [1.82, 2.24) is 19.7 Å². The van der Waals surface area contributed by atoms with Gasteiger partial charge in [-0.2, -0.15) is 5.10 Å². The van der Waals surface area contributed by atoms with Gasteiger partial charge in [0.25, 0.3) is 0 Å². The third-order valence-electron chi connectivity index (χ3n) is 3.18. The van der Waals surface area contributed by atoms with Crippen molar-refractivity contribution in [3.63, 3.8) is 0 Å². The first-order valence-corrected chi connectivity index (χ1v) is 6.64. The van der Waals surface area contributed by atoms with Crippen LogP contribution in [-0.2, 0) is 7.05 Å². The number of rotatable bonds is 1. The van der Waals surface area contributed by atoms with Gasteiger partial charge < -0.3 is 9.67 Å². The third-order valence-corrected chi connectivity index (χ3v) is 3.18. The zero-order valence-corrected chi connectivity index (χ0v) is 12.2. The molecule has 3 heterocycles. The molecule has 0 aliphatic rings. The van der Waals surface area contributed by atoms with Crippen molar-refractivity contribution in [3.05, 3.63) is 36.5 Å². The molecule has 0 atom stereocenters. The van der Waals surface area contributed by atoms with E-state index in [9.17, 15) is 5.11 Å². The first-order valence-electron chi connectivity index (χ1n) is 6.64. The highest BCUT2D eigenvalue weighted by atomic mass is 16.3. The molecule has 0 saturated heterocycles. The van der Waals surface area contributed by atoms with Crippen LogP contribution in [0.5, 0.6) is 0 Å². The number of fused-ring (bicyclic) bond motifs is 1. The van der Waals surface area contributed by atoms with Gasteiger partial charge in [-0.3, -0.25) is 5.10 Å². The summed E-state index contributed by atoms with van der Waals surface area (Å²) < 4.78 is 2.03. The SMILES string of the molecule is Cn1cc(-c2cn[nH]c2)c2cc(C#CC(C)(C)O)ncc21. The number of nitrogens with zero attached hydrogens (tertiary/aromatic N) is 3. The second kappa shape index (κ2) is 4.76. The predicted octanol–water partition coefficient (Wildman–Crippen LogP) is 2.09. The smallest absolute Gasteiger partial charge is 0.120 e. The standard InChI is InChI=1S/C16H16N4O/c1-16(2,21)5-4-12-6-13-14(11-7-18-19-8-11)10-20(3)15(13)9-17-12/h6-10,21H,1-3H3,(H,18,19). The van der Waals surface area contributed by atoms with Crippen molar-refractivity contribution < 1.29 is 5.11 Å². The average molecular weight is 280 g/mol. The van der Waals surface area contributed by atoms with Crippen LogP contribution in [0.3, 0.4) is 0 Å². The summed E-state index contributed by atoms with van der Waals surface area (Å²) in [5.41, 5.74) is 2.74. The monoisotopic (exact) mass is 280 g/mol. The lowest BCUT2D eigenvalue weighted by Gasteiger charge is -2.05. The Labute approximate surface area is 122 Å². The van der Waals surface area contributed by atoms with Gasteiger partial charge in [-0.25, -0.2) is 4.98 Å². The molecule has 0 saturated carbocycles. The minimum absolute atomic E-state index is 0.639. The molecule has 5 nitrogen and oxygen atoms in total. The Morgan fingerprint density at radius 3 is 2.81 bits per heavy atom. The molecule has 21 heavy (non-hydrogen) atoms. The van der Waals surface area contributed by atoms with Crippen molar-refractivity contribution in [2.45, 2.75) is 19.4 Å². The van der Waals surface area contributed by atoms with Crippen LogP contribution in [0.25, 0.3) is 22.0 Å². The summed E-state index contributed by atoms with van der Waals surface area (Å²) in [5, 5.41) is 17.6. The summed E-state index contributed by atoms with van der Waals surface area (Å²) in [6, 6.07) is 1.94. The highest BCUT2D eigenvalue weighted by molar-refractivity contribution is 5.95. The Morgan fingerprint density at radius 2 is 2.14 bits per heavy atom. The van der Waals surface area contributed by atoms with Crippen LogP contribution in [-0.4, -0.2) is 30.5 Å². The highest BCUT2D eigenvalue weighted by Gasteiger charge is 2.11. The van der Waals surface area contributed by atoms with Gasteiger partial charge in [0.05, 0.1) is 17.9 Å². The van der Waals surface area contributed by atoms with Gasteiger partial charge in [-0.15, -0.1) is 0 Å². The predicted molar refractivity (Wildman–Crippen MR) is 81.5 cm³/mol. The summed E-state index contributed by atoms with van der Waals surface area (Å²) in [6.07, 6.45) is 7.49. The van der Waals surface area contributed by atoms with E-state index in [1.165, 1.54) is 0 Å². The van der Waals surface area contributed by atoms with E-state index in [1.807, 2.05) is 30.1 Å². The number of aliphatic hydroxyl groups is 1. The van der Waals surface area contributed by atoms with E-state index in [0.29, 0.717) is 5.69 Å². The van der Waals surface area contributed by atoms with Crippen LogP contribution >= 0.6 is 0 Å². The van der Waals surface area contributed by atoms with E-state index in [4.69, 9.17) is 0 Å². The molecular formula is C16H16N4O. The lowest BCUT2D eigenvalue weighted by molar-refractivity contribution is 0.143. The van der Waals surface area contributed by atoms with E-state index in [2.05, 4.69) is 27.0 Å². The molecule has 2 N–H and O–H groups in total. The van der Waals surface area contributed by atoms with Crippen LogP contribution in [0.2, 0.25) is 0 Å². The van der Waals surface area contributed by atoms with E-state index >= 15 is 0 Å². The number of H-pyrrole nitrogens is 1. The fraction of sp³-hybridized carbons (Fsp3) is 0.250. The Kier molecular flexibility index (Phi) is 3.04. The van der Waals surface area contributed by atoms with E-state index in [-0.39, 0.29) is 0 Å². The molecule has 0 amide bonds. The molecule has 0 aliphatic heterocycles. The van der Waals surface area contributed by atoms with E-state index in [0.717, 1.165) is 22.0 Å². The van der Waals surface area contributed by atoms with Crippen molar-refractivity contribution in [2.24, 2.45) is 7.05 Å². The Balaban J connectivity index is 2.16. The normalized spacial score (nSPS) is 11.4. The Hall–Kier alpha value is -2.58. The van der Waals surface area contributed by atoms with Gasteiger partial charge in [0, 0.05) is 36.0 Å². The number of hydrogen-bond donors (Lipinski definition) is 2. The molecule has 0 radical (unpaired) electrons. The van der Waals surface area contributed by atoms with E-state index < -0.39 is 5.60 Å². The number of nitrogens with one attached hydrogen (secondary N) is 1. The second-order valence-corrected chi connectivity index (χ2v) is 5.54. The van der Waals surface area contributed by atoms with Crippen LogP contribution < -0.4 is 0 Å². The molecule has 3 aromatic heterocycles. The van der Waals surface area contributed by atoms with Crippen LogP contribution in [0.1, 0.15) is 19.5 Å². The zero-order valence-electron chi connectivity index (χ0n) is 12.2. The molecule has 3 rings (SSSR count). The van der Waals surface area contributed by atoms with Crippen molar-refractivity contribution in [2.75, 3.05) is 0 Å². The quantitative estimate of drug-likeness (QED) is 0.671. The molecule has 0 aliphatic carbocycles. The Bertz CT molecular complexity index is 842. The highest BCUT2D eigenvalue weighted by Crippen LogP contribution is 2.29. The van der Waals surface area contributed by atoms with Crippen molar-refractivity contribution in [1.29, 1.82) is 0 Å². The van der Waals surface area contributed by atoms with Crippen molar-refractivity contribution >= 4 is 10.9 Å². The van der Waals surface area contributed by atoms with Crippen LogP contribution in [0.4, 0.5) is 0 Å². The minimum Gasteiger partial charge on any atom is -0.378 e. The molecule has 0 unspecified atom stereocenters. The number of aromatic amines is 1. The summed E-state index contributed by atoms with van der Waals surface area (Å²) in [5.74, 6) is 5.70. The molecule has 3 aromatic rings. The number of aromatic nitrogens is 4. The average Bonchev–Trinajstić information content (AvgIpc) is 3.04. The molecule has 0 fully saturated rings. The summed E-state index contributed by atoms with van der Waals surface area (Å²) in [7, 11) is 1.98. The maximum Gasteiger partial charge on any atom is 0.120 e. The maximum atomic E-state index is 9.68. The molecule has 0 aromatic carbocycles. The van der Waals surface area contributed by atoms with Gasteiger partial charge in [0.2, 0.25) is 0 Å². The lowest BCUT2D eigenvalue weighted by Crippen LogP contribution is -2.14. The fourth-order valence-electron chi connectivity index (χ4n) is 2.19. The molecule has 0 bridgehead atoms. The summed E-state index contributed by atoms with van der Waals surface area (Å²) in [4.78, 5) is 4.34. The van der Waals surface area contributed by atoms with Gasteiger partial charge in [-0.05, 0) is 25.8 Å². The molecule has 5 heteroatoms. The molecule has 0 spiro atoms. The summed E-state index contributed by atoms with van der Waals surface area (Å²) >= 11 is 0. The fourth-order valence-corrected chi connectivity index (χ4v) is 2.19. The maximum absolute atomic E-state index is 9.68. The molecular weight excluding hydrogens is 264 g/mol. The number of hydrogen-bond acceptors (Lipinski definition) is 3. The summed E-state index contributed by atoms with van der Waals surface area (Å²) in [6.45, 7) is 3.30. The van der Waals surface area contributed by atoms with Gasteiger partial charge in [-0.1, -0.05) is 5.92 Å². The first kappa shape index (κ1) is 13.4. The van der Waals surface area contributed by atoms with Gasteiger partial charge in [0.15, 0.2) is 0 Å². The van der Waals surface area contributed by atoms with Crippen LogP contribution in [0.15, 0.2) is 30.9 Å². The first-order chi connectivity index (χ1) is 9.94. The lowest BCUT2D eigenvalue weighted by atomic mass is 10.1. The largest absolute Gasteiger partial charge is 0.378 e. The number of aryl methyl sites for hydroxylation is 1.